The van der Waals surface area contributed by atoms with Crippen molar-refractivity contribution in [1.82, 2.24) is 4.98 Å². The van der Waals surface area contributed by atoms with Crippen molar-refractivity contribution in [2.45, 2.75) is 52.4 Å². The van der Waals surface area contributed by atoms with Crippen molar-refractivity contribution in [3.8, 4) is 0 Å². The Morgan fingerprint density at radius 1 is 0.714 bits per heavy atom. The zero-order valence-electron chi connectivity index (χ0n) is 17.3. The van der Waals surface area contributed by atoms with Gasteiger partial charge in [0.1, 0.15) is 5.82 Å². The Balaban J connectivity index is 1.66. The summed E-state index contributed by atoms with van der Waals surface area (Å²) in [5.74, 6) is 1.04. The lowest BCUT2D eigenvalue weighted by Gasteiger charge is -2.24. The van der Waals surface area contributed by atoms with Gasteiger partial charge in [0.05, 0.1) is 0 Å². The minimum atomic E-state index is 0.959. The van der Waals surface area contributed by atoms with Crippen molar-refractivity contribution in [1.29, 1.82) is 0 Å². The maximum atomic E-state index is 4.86. The van der Waals surface area contributed by atoms with Gasteiger partial charge in [-0.3, -0.25) is 0 Å². The summed E-state index contributed by atoms with van der Waals surface area (Å²) in [5.41, 5.74) is 5.22. The normalized spacial score (nSPS) is 10.8. The second-order valence-electron chi connectivity index (χ2n) is 7.35. The van der Waals surface area contributed by atoms with Crippen molar-refractivity contribution in [2.24, 2.45) is 0 Å². The predicted octanol–water partition coefficient (Wildman–Crippen LogP) is 6.76. The number of hydrogen-bond acceptors (Lipinski definition) is 2. The maximum Gasteiger partial charge on any atom is 0.133 e. The Hall–Kier alpha value is -2.61. The van der Waals surface area contributed by atoms with Crippen LogP contribution in [0.15, 0.2) is 72.8 Å². The summed E-state index contributed by atoms with van der Waals surface area (Å²) < 4.78 is 0. The van der Waals surface area contributed by atoms with Gasteiger partial charge in [0.25, 0.3) is 0 Å². The first-order valence-electron chi connectivity index (χ1n) is 10.7. The molecule has 0 aliphatic rings. The van der Waals surface area contributed by atoms with E-state index in [-0.39, 0.29) is 0 Å². The third-order valence-corrected chi connectivity index (χ3v) is 5.19. The molecule has 0 unspecified atom stereocenters. The third kappa shape index (κ3) is 5.69. The van der Waals surface area contributed by atoms with Gasteiger partial charge < -0.3 is 4.90 Å². The minimum absolute atomic E-state index is 0.959. The maximum absolute atomic E-state index is 4.86. The number of anilines is 2. The van der Waals surface area contributed by atoms with Crippen LogP contribution in [0, 0.1) is 0 Å². The first-order chi connectivity index (χ1) is 13.8. The molecule has 0 saturated carbocycles. The van der Waals surface area contributed by atoms with Gasteiger partial charge in [-0.1, -0.05) is 68.8 Å². The summed E-state index contributed by atoms with van der Waals surface area (Å²) in [6.07, 6.45) is 6.87. The lowest BCUT2D eigenvalue weighted by atomic mass is 10.0. The van der Waals surface area contributed by atoms with Crippen molar-refractivity contribution in [3.63, 3.8) is 0 Å². The average Bonchev–Trinajstić information content (AvgIpc) is 2.77. The molecule has 0 fully saturated rings. The highest BCUT2D eigenvalue weighted by molar-refractivity contribution is 5.59. The van der Waals surface area contributed by atoms with Gasteiger partial charge in [-0.25, -0.2) is 4.98 Å². The second kappa shape index (κ2) is 10.7. The Morgan fingerprint density at radius 3 is 2.04 bits per heavy atom. The van der Waals surface area contributed by atoms with Crippen LogP contribution in [0.25, 0.3) is 0 Å². The summed E-state index contributed by atoms with van der Waals surface area (Å²) in [5, 5.41) is 0. The molecule has 2 nitrogen and oxygen atoms in total. The first kappa shape index (κ1) is 20.1. The number of aromatic nitrogens is 1. The van der Waals surface area contributed by atoms with Crippen LogP contribution in [0.2, 0.25) is 0 Å². The number of aryl methyl sites for hydroxylation is 3. The van der Waals surface area contributed by atoms with Gasteiger partial charge in [0.15, 0.2) is 0 Å². The third-order valence-electron chi connectivity index (χ3n) is 5.19. The van der Waals surface area contributed by atoms with Crippen LogP contribution in [0.3, 0.4) is 0 Å². The molecule has 0 bridgehead atoms. The largest absolute Gasteiger partial charge is 0.326 e. The van der Waals surface area contributed by atoms with Crippen LogP contribution in [0.1, 0.15) is 49.9 Å². The average molecular weight is 373 g/mol. The molecule has 0 aliphatic heterocycles. The molecule has 0 amide bonds. The number of unbranched alkanes of at least 4 members (excludes halogenated alkanes) is 1. The minimum Gasteiger partial charge on any atom is -0.326 e. The van der Waals surface area contributed by atoms with E-state index in [4.69, 9.17) is 4.98 Å². The van der Waals surface area contributed by atoms with Crippen LogP contribution in [-0.2, 0) is 19.3 Å². The van der Waals surface area contributed by atoms with Crippen LogP contribution < -0.4 is 4.90 Å². The zero-order chi connectivity index (χ0) is 19.6. The quantitative estimate of drug-likeness (QED) is 0.391. The lowest BCUT2D eigenvalue weighted by molar-refractivity contribution is 0.787. The van der Waals surface area contributed by atoms with Crippen molar-refractivity contribution < 1.29 is 0 Å². The van der Waals surface area contributed by atoms with Gasteiger partial charge in [0.2, 0.25) is 0 Å². The van der Waals surface area contributed by atoms with Crippen LogP contribution in [0.4, 0.5) is 11.5 Å². The van der Waals surface area contributed by atoms with E-state index in [2.05, 4.69) is 91.5 Å². The van der Waals surface area contributed by atoms with E-state index < -0.39 is 0 Å². The van der Waals surface area contributed by atoms with E-state index in [1.807, 2.05) is 0 Å². The fraction of sp³-hybridized carbons (Fsp3) is 0.346. The molecule has 3 aromatic rings. The van der Waals surface area contributed by atoms with E-state index in [9.17, 15) is 0 Å². The van der Waals surface area contributed by atoms with E-state index in [1.165, 1.54) is 36.1 Å². The van der Waals surface area contributed by atoms with E-state index in [0.29, 0.717) is 0 Å². The molecule has 0 aliphatic carbocycles. The number of rotatable bonds is 10. The molecular weight excluding hydrogens is 340 g/mol. The molecule has 0 N–H and O–H groups in total. The van der Waals surface area contributed by atoms with Crippen LogP contribution in [-0.4, -0.2) is 11.5 Å². The lowest BCUT2D eigenvalue weighted by Crippen LogP contribution is -2.20. The molecule has 0 radical (unpaired) electrons. The predicted molar refractivity (Wildman–Crippen MR) is 120 cm³/mol. The van der Waals surface area contributed by atoms with Crippen molar-refractivity contribution in [2.75, 3.05) is 11.4 Å². The summed E-state index contributed by atoms with van der Waals surface area (Å²) >= 11 is 0. The Morgan fingerprint density at radius 2 is 1.39 bits per heavy atom. The summed E-state index contributed by atoms with van der Waals surface area (Å²) in [7, 11) is 0. The van der Waals surface area contributed by atoms with E-state index in [0.717, 1.165) is 37.3 Å². The zero-order valence-corrected chi connectivity index (χ0v) is 17.3. The highest BCUT2D eigenvalue weighted by atomic mass is 15.2. The molecule has 0 saturated heterocycles. The van der Waals surface area contributed by atoms with Gasteiger partial charge >= 0.3 is 0 Å². The van der Waals surface area contributed by atoms with Gasteiger partial charge in [-0.2, -0.15) is 0 Å². The number of para-hydroxylation sites is 1. The Labute approximate surface area is 170 Å². The summed E-state index contributed by atoms with van der Waals surface area (Å²) in [6, 6.07) is 26.1. The highest BCUT2D eigenvalue weighted by Crippen LogP contribution is 2.24. The second-order valence-corrected chi connectivity index (χ2v) is 7.35. The highest BCUT2D eigenvalue weighted by Gasteiger charge is 2.11. The summed E-state index contributed by atoms with van der Waals surface area (Å²) in [4.78, 5) is 7.20. The molecule has 2 aromatic carbocycles. The van der Waals surface area contributed by atoms with E-state index >= 15 is 0 Å². The number of pyridine rings is 1. The van der Waals surface area contributed by atoms with Gasteiger partial charge in [-0.15, -0.1) is 0 Å². The van der Waals surface area contributed by atoms with Crippen molar-refractivity contribution >= 4 is 11.5 Å². The van der Waals surface area contributed by atoms with Gasteiger partial charge in [0, 0.05) is 17.9 Å². The Bertz CT molecular complexity index is 825. The van der Waals surface area contributed by atoms with Gasteiger partial charge in [-0.05, 0) is 67.5 Å². The fourth-order valence-electron chi connectivity index (χ4n) is 3.49. The molecule has 0 spiro atoms. The molecule has 3 rings (SSSR count). The molecule has 28 heavy (non-hydrogen) atoms. The SMILES string of the molecule is CCCCc1ccc(CCCN(c2ccccc2)c2cccc(CC)n2)cc1. The topological polar surface area (TPSA) is 16.1 Å². The Kier molecular flexibility index (Phi) is 7.66. The summed E-state index contributed by atoms with van der Waals surface area (Å²) in [6.45, 7) is 5.36. The standard InChI is InChI=1S/C26H32N2/c1-3-5-11-22-17-19-23(20-18-22)12-10-21-28(25-14-7-6-8-15-25)26-16-9-13-24(4-2)27-26/h6-9,13-20H,3-5,10-12,21H2,1-2H3. The molecule has 146 valence electrons. The number of nitrogens with zero attached hydrogens (tertiary/aromatic N) is 2. The molecule has 0 atom stereocenters. The molecule has 2 heteroatoms. The number of hydrogen-bond donors (Lipinski definition) is 0. The molecule has 1 heterocycles. The monoisotopic (exact) mass is 372 g/mol. The van der Waals surface area contributed by atoms with E-state index in [1.54, 1.807) is 0 Å². The van der Waals surface area contributed by atoms with Crippen LogP contribution in [0.5, 0.6) is 0 Å². The number of benzene rings is 2. The first-order valence-corrected chi connectivity index (χ1v) is 10.7. The molecule has 1 aromatic heterocycles. The smallest absolute Gasteiger partial charge is 0.133 e. The fourth-order valence-corrected chi connectivity index (χ4v) is 3.49. The molecular formula is C26H32N2. The van der Waals surface area contributed by atoms with Crippen LogP contribution >= 0.6 is 0 Å². The van der Waals surface area contributed by atoms with Crippen molar-refractivity contribution in [3.05, 3.63) is 89.6 Å².